The Morgan fingerprint density at radius 2 is 1.21 bits per heavy atom. The molecule has 1 aliphatic carbocycles. The molecule has 0 aromatic rings. The van der Waals surface area contributed by atoms with Crippen LogP contribution >= 0.6 is 0 Å². The van der Waals surface area contributed by atoms with E-state index in [2.05, 4.69) is 48.5 Å². The molecule has 0 heterocycles. The average Bonchev–Trinajstić information content (AvgIpc) is 2.38. The Balaban J connectivity index is 3.01. The fourth-order valence-corrected chi connectivity index (χ4v) is 3.79. The van der Waals surface area contributed by atoms with Crippen LogP contribution in [0.5, 0.6) is 0 Å². The standard InChI is InChI=1S/C18H36O/c1-8-13-11-14(17(4,5)9-2)16(19)15(12-13)18(6,7)10-3/h13-16,19H,8-12H2,1-7H3. The van der Waals surface area contributed by atoms with Crippen molar-refractivity contribution in [2.75, 3.05) is 0 Å². The lowest BCUT2D eigenvalue weighted by molar-refractivity contribution is -0.0936. The first kappa shape index (κ1) is 17.0. The summed E-state index contributed by atoms with van der Waals surface area (Å²) in [5, 5.41) is 11.0. The van der Waals surface area contributed by atoms with Crippen LogP contribution in [0.1, 0.15) is 80.6 Å². The van der Waals surface area contributed by atoms with E-state index in [1.54, 1.807) is 0 Å². The minimum Gasteiger partial charge on any atom is -0.393 e. The summed E-state index contributed by atoms with van der Waals surface area (Å²) in [5.41, 5.74) is 0.519. The zero-order valence-corrected chi connectivity index (χ0v) is 14.3. The lowest BCUT2D eigenvalue weighted by Gasteiger charge is -2.51. The van der Waals surface area contributed by atoms with Crippen LogP contribution in [-0.2, 0) is 0 Å². The van der Waals surface area contributed by atoms with Gasteiger partial charge >= 0.3 is 0 Å². The van der Waals surface area contributed by atoms with Gasteiger partial charge in [-0.1, -0.05) is 67.7 Å². The molecule has 1 rings (SSSR count). The van der Waals surface area contributed by atoms with Gasteiger partial charge in [-0.25, -0.2) is 0 Å². The Hall–Kier alpha value is -0.0400. The van der Waals surface area contributed by atoms with Crippen molar-refractivity contribution >= 4 is 0 Å². The Bertz CT molecular complexity index is 253. The minimum absolute atomic E-state index is 0.118. The van der Waals surface area contributed by atoms with E-state index >= 15 is 0 Å². The maximum Gasteiger partial charge on any atom is 0.0606 e. The molecule has 0 spiro atoms. The number of hydrogen-bond donors (Lipinski definition) is 1. The fourth-order valence-electron chi connectivity index (χ4n) is 3.79. The molecule has 2 unspecified atom stereocenters. The van der Waals surface area contributed by atoms with Gasteiger partial charge in [0.05, 0.1) is 6.10 Å². The van der Waals surface area contributed by atoms with Gasteiger partial charge in [-0.05, 0) is 41.4 Å². The van der Waals surface area contributed by atoms with Crippen molar-refractivity contribution in [3.05, 3.63) is 0 Å². The number of hydrogen-bond acceptors (Lipinski definition) is 1. The van der Waals surface area contributed by atoms with Crippen molar-refractivity contribution in [3.63, 3.8) is 0 Å². The van der Waals surface area contributed by atoms with Gasteiger partial charge in [-0.3, -0.25) is 0 Å². The molecular formula is C18H36O. The maximum absolute atomic E-state index is 11.0. The van der Waals surface area contributed by atoms with Crippen LogP contribution in [0.2, 0.25) is 0 Å². The van der Waals surface area contributed by atoms with E-state index in [0.717, 1.165) is 18.8 Å². The Morgan fingerprint density at radius 3 is 1.47 bits per heavy atom. The second-order valence-electron chi connectivity index (χ2n) is 8.13. The van der Waals surface area contributed by atoms with Crippen LogP contribution in [0, 0.1) is 28.6 Å². The molecule has 0 aromatic carbocycles. The molecule has 0 aliphatic heterocycles. The molecule has 1 saturated carbocycles. The third-order valence-electron chi connectivity index (χ3n) is 6.41. The predicted octanol–water partition coefficient (Wildman–Crippen LogP) is 5.27. The van der Waals surface area contributed by atoms with E-state index in [-0.39, 0.29) is 16.9 Å². The first-order valence-electron chi connectivity index (χ1n) is 8.37. The molecule has 19 heavy (non-hydrogen) atoms. The highest BCUT2D eigenvalue weighted by molar-refractivity contribution is 4.96. The molecule has 1 heteroatoms. The second kappa shape index (κ2) is 6.16. The fraction of sp³-hybridized carbons (Fsp3) is 1.00. The number of aliphatic hydroxyl groups excluding tert-OH is 1. The molecular weight excluding hydrogens is 232 g/mol. The molecule has 1 fully saturated rings. The molecule has 0 radical (unpaired) electrons. The lowest BCUT2D eigenvalue weighted by atomic mass is 9.56. The van der Waals surface area contributed by atoms with Crippen LogP contribution in [0.4, 0.5) is 0 Å². The van der Waals surface area contributed by atoms with Crippen LogP contribution in [0.3, 0.4) is 0 Å². The van der Waals surface area contributed by atoms with Crippen molar-refractivity contribution in [1.29, 1.82) is 0 Å². The van der Waals surface area contributed by atoms with Gasteiger partial charge in [-0.2, -0.15) is 0 Å². The predicted molar refractivity (Wildman–Crippen MR) is 84.1 cm³/mol. The zero-order chi connectivity index (χ0) is 14.8. The molecule has 1 nitrogen and oxygen atoms in total. The summed E-state index contributed by atoms with van der Waals surface area (Å²) < 4.78 is 0. The smallest absolute Gasteiger partial charge is 0.0606 e. The summed E-state index contributed by atoms with van der Waals surface area (Å²) in [6.07, 6.45) is 5.89. The van der Waals surface area contributed by atoms with Crippen molar-refractivity contribution < 1.29 is 5.11 Å². The van der Waals surface area contributed by atoms with Gasteiger partial charge in [0.15, 0.2) is 0 Å². The van der Waals surface area contributed by atoms with Gasteiger partial charge in [0.25, 0.3) is 0 Å². The zero-order valence-electron chi connectivity index (χ0n) is 14.3. The monoisotopic (exact) mass is 268 g/mol. The normalized spacial score (nSPS) is 33.5. The van der Waals surface area contributed by atoms with Crippen LogP contribution in [0.15, 0.2) is 0 Å². The molecule has 0 aromatic heterocycles. The van der Waals surface area contributed by atoms with E-state index in [1.165, 1.54) is 19.3 Å². The summed E-state index contributed by atoms with van der Waals surface area (Å²) in [4.78, 5) is 0. The summed E-state index contributed by atoms with van der Waals surface area (Å²) >= 11 is 0. The number of rotatable bonds is 5. The Morgan fingerprint density at radius 1 is 0.842 bits per heavy atom. The van der Waals surface area contributed by atoms with E-state index in [1.807, 2.05) is 0 Å². The van der Waals surface area contributed by atoms with Crippen molar-refractivity contribution in [1.82, 2.24) is 0 Å². The van der Waals surface area contributed by atoms with Crippen molar-refractivity contribution in [2.45, 2.75) is 86.7 Å². The minimum atomic E-state index is -0.118. The van der Waals surface area contributed by atoms with Crippen molar-refractivity contribution in [2.24, 2.45) is 28.6 Å². The van der Waals surface area contributed by atoms with Crippen LogP contribution in [-0.4, -0.2) is 11.2 Å². The van der Waals surface area contributed by atoms with Gasteiger partial charge < -0.3 is 5.11 Å². The molecule has 2 atom stereocenters. The quantitative estimate of drug-likeness (QED) is 0.720. The SMILES string of the molecule is CCC1CC(C(C)(C)CC)C(O)C(C(C)(C)CC)C1. The van der Waals surface area contributed by atoms with E-state index in [0.29, 0.717) is 11.8 Å². The highest BCUT2D eigenvalue weighted by Gasteiger charge is 2.47. The van der Waals surface area contributed by atoms with Crippen LogP contribution < -0.4 is 0 Å². The van der Waals surface area contributed by atoms with E-state index in [9.17, 15) is 5.11 Å². The van der Waals surface area contributed by atoms with Gasteiger partial charge in [0, 0.05) is 0 Å². The highest BCUT2D eigenvalue weighted by Crippen LogP contribution is 2.51. The first-order valence-corrected chi connectivity index (χ1v) is 8.37. The first-order chi connectivity index (χ1) is 8.69. The topological polar surface area (TPSA) is 20.2 Å². The van der Waals surface area contributed by atoms with E-state index in [4.69, 9.17) is 0 Å². The summed E-state index contributed by atoms with van der Waals surface area (Å²) in [5.74, 6) is 1.73. The molecule has 1 N–H and O–H groups in total. The van der Waals surface area contributed by atoms with Gasteiger partial charge in [0.2, 0.25) is 0 Å². The Kier molecular flexibility index (Phi) is 5.52. The summed E-state index contributed by atoms with van der Waals surface area (Å²) in [6.45, 7) is 16.2. The highest BCUT2D eigenvalue weighted by atomic mass is 16.3. The average molecular weight is 268 g/mol. The molecule has 1 aliphatic rings. The summed E-state index contributed by atoms with van der Waals surface area (Å²) in [7, 11) is 0. The maximum atomic E-state index is 11.0. The van der Waals surface area contributed by atoms with E-state index < -0.39 is 0 Å². The summed E-state index contributed by atoms with van der Waals surface area (Å²) in [6, 6.07) is 0. The Labute approximate surface area is 121 Å². The molecule has 0 saturated heterocycles. The van der Waals surface area contributed by atoms with Gasteiger partial charge in [0.1, 0.15) is 0 Å². The van der Waals surface area contributed by atoms with Crippen molar-refractivity contribution in [3.8, 4) is 0 Å². The lowest BCUT2D eigenvalue weighted by Crippen LogP contribution is -2.48. The largest absolute Gasteiger partial charge is 0.393 e. The van der Waals surface area contributed by atoms with Crippen LogP contribution in [0.25, 0.3) is 0 Å². The third-order valence-corrected chi connectivity index (χ3v) is 6.41. The molecule has 114 valence electrons. The number of aliphatic hydroxyl groups is 1. The second-order valence-corrected chi connectivity index (χ2v) is 8.13. The third kappa shape index (κ3) is 3.54. The van der Waals surface area contributed by atoms with Gasteiger partial charge in [-0.15, -0.1) is 0 Å². The molecule has 0 bridgehead atoms. The molecule has 0 amide bonds.